The van der Waals surface area contributed by atoms with Crippen LogP contribution in [0, 0.1) is 0 Å². The molecule has 0 aromatic heterocycles. The quantitative estimate of drug-likeness (QED) is 0.758. The average molecular weight is 283 g/mol. The van der Waals surface area contributed by atoms with Crippen molar-refractivity contribution in [3.05, 3.63) is 0 Å². The zero-order valence-electron chi connectivity index (χ0n) is 11.2. The molecule has 1 aliphatic carbocycles. The molecule has 2 unspecified atom stereocenters. The lowest BCUT2D eigenvalue weighted by Gasteiger charge is -2.26. The third-order valence-electron chi connectivity index (χ3n) is 3.35. The van der Waals surface area contributed by atoms with Gasteiger partial charge in [0, 0.05) is 6.42 Å². The van der Waals surface area contributed by atoms with Crippen molar-refractivity contribution in [2.24, 2.45) is 0 Å². The highest BCUT2D eigenvalue weighted by molar-refractivity contribution is 5.81. The summed E-state index contributed by atoms with van der Waals surface area (Å²) in [4.78, 5) is 11.9. The molecular formula is C12H20F3NO3. The van der Waals surface area contributed by atoms with Crippen LogP contribution in [0.25, 0.3) is 0 Å². The Balaban J connectivity index is 2.44. The minimum absolute atomic E-state index is 0.280. The maximum Gasteiger partial charge on any atom is 0.391 e. The molecule has 0 aliphatic heterocycles. The van der Waals surface area contributed by atoms with Gasteiger partial charge < -0.3 is 14.8 Å². The van der Waals surface area contributed by atoms with Crippen LogP contribution in [0.3, 0.4) is 0 Å². The fraction of sp³-hybridized carbons (Fsp3) is 0.917. The molecule has 1 aliphatic rings. The van der Waals surface area contributed by atoms with Crippen molar-refractivity contribution in [2.45, 2.75) is 50.4 Å². The Morgan fingerprint density at radius 3 is 2.68 bits per heavy atom. The molecule has 4 nitrogen and oxygen atoms in total. The Kier molecular flexibility index (Phi) is 5.61. The van der Waals surface area contributed by atoms with Gasteiger partial charge >= 0.3 is 12.1 Å². The van der Waals surface area contributed by atoms with E-state index in [1.807, 2.05) is 0 Å². The van der Waals surface area contributed by atoms with Crippen molar-refractivity contribution in [1.29, 1.82) is 0 Å². The van der Waals surface area contributed by atoms with Gasteiger partial charge in [-0.15, -0.1) is 0 Å². The molecule has 0 aromatic carbocycles. The molecule has 19 heavy (non-hydrogen) atoms. The van der Waals surface area contributed by atoms with Crippen LogP contribution >= 0.6 is 0 Å². The summed E-state index contributed by atoms with van der Waals surface area (Å²) in [6, 6.07) is 0. The maximum atomic E-state index is 12.0. The minimum Gasteiger partial charge on any atom is -0.465 e. The summed E-state index contributed by atoms with van der Waals surface area (Å²) in [5.74, 6) is -0.362. The highest BCUT2D eigenvalue weighted by atomic mass is 19.4. The van der Waals surface area contributed by atoms with E-state index in [0.717, 1.165) is 0 Å². The molecule has 0 aromatic rings. The molecule has 0 heterocycles. The number of carbonyl (C=O) groups excluding carboxylic acids is 1. The van der Waals surface area contributed by atoms with Crippen LogP contribution in [-0.4, -0.2) is 44.0 Å². The first kappa shape index (κ1) is 16.2. The van der Waals surface area contributed by atoms with Crippen molar-refractivity contribution >= 4 is 5.97 Å². The first-order chi connectivity index (χ1) is 8.83. The standard InChI is InChI=1S/C12H20F3NO3/c1-3-18-10(17)11(16-2)5-4-9(8-11)19-7-6-12(13,14)15/h9,16H,3-8H2,1-2H3. The van der Waals surface area contributed by atoms with Crippen molar-refractivity contribution < 1.29 is 27.4 Å². The molecule has 2 atom stereocenters. The SMILES string of the molecule is CCOC(=O)C1(NC)CCC(OCCC(F)(F)F)C1. The fourth-order valence-electron chi connectivity index (χ4n) is 2.27. The number of rotatable bonds is 6. The molecular weight excluding hydrogens is 263 g/mol. The van der Waals surface area contributed by atoms with Gasteiger partial charge in [-0.1, -0.05) is 0 Å². The Bertz CT molecular complexity index is 309. The van der Waals surface area contributed by atoms with Crippen LogP contribution in [-0.2, 0) is 14.3 Å². The van der Waals surface area contributed by atoms with E-state index in [0.29, 0.717) is 19.3 Å². The number of hydrogen-bond acceptors (Lipinski definition) is 4. The average Bonchev–Trinajstić information content (AvgIpc) is 2.73. The Morgan fingerprint density at radius 2 is 2.16 bits per heavy atom. The fourth-order valence-corrected chi connectivity index (χ4v) is 2.27. The van der Waals surface area contributed by atoms with Crippen molar-refractivity contribution in [1.82, 2.24) is 5.32 Å². The van der Waals surface area contributed by atoms with E-state index >= 15 is 0 Å². The van der Waals surface area contributed by atoms with Gasteiger partial charge in [-0.05, 0) is 26.8 Å². The van der Waals surface area contributed by atoms with E-state index < -0.39 is 18.1 Å². The summed E-state index contributed by atoms with van der Waals surface area (Å²) >= 11 is 0. The monoisotopic (exact) mass is 283 g/mol. The molecule has 1 fully saturated rings. The van der Waals surface area contributed by atoms with Crippen LogP contribution in [0.4, 0.5) is 13.2 Å². The Morgan fingerprint density at radius 1 is 1.47 bits per heavy atom. The van der Waals surface area contributed by atoms with Gasteiger partial charge in [-0.25, -0.2) is 0 Å². The summed E-state index contributed by atoms with van der Waals surface area (Å²) in [6.07, 6.45) is -4.09. The largest absolute Gasteiger partial charge is 0.465 e. The smallest absolute Gasteiger partial charge is 0.391 e. The molecule has 0 saturated heterocycles. The molecule has 1 rings (SSSR count). The molecule has 7 heteroatoms. The van der Waals surface area contributed by atoms with Gasteiger partial charge in [-0.2, -0.15) is 13.2 Å². The molecule has 0 amide bonds. The van der Waals surface area contributed by atoms with Crippen LogP contribution < -0.4 is 5.32 Å². The first-order valence-electron chi connectivity index (χ1n) is 6.37. The summed E-state index contributed by atoms with van der Waals surface area (Å²) in [7, 11) is 1.65. The summed E-state index contributed by atoms with van der Waals surface area (Å²) in [5.41, 5.74) is -0.821. The number of carbonyl (C=O) groups is 1. The number of halogens is 3. The lowest BCUT2D eigenvalue weighted by Crippen LogP contribution is -2.49. The second-order valence-electron chi connectivity index (χ2n) is 4.65. The lowest BCUT2D eigenvalue weighted by molar-refractivity contribution is -0.154. The minimum atomic E-state index is -4.21. The van der Waals surface area contributed by atoms with E-state index in [9.17, 15) is 18.0 Å². The predicted molar refractivity (Wildman–Crippen MR) is 62.7 cm³/mol. The van der Waals surface area contributed by atoms with Gasteiger partial charge in [0.15, 0.2) is 0 Å². The summed E-state index contributed by atoms with van der Waals surface area (Å²) < 4.78 is 46.2. The zero-order valence-corrected chi connectivity index (χ0v) is 11.2. The van der Waals surface area contributed by atoms with Crippen LogP contribution in [0.1, 0.15) is 32.6 Å². The molecule has 1 saturated carbocycles. The Labute approximate surface area is 110 Å². The lowest BCUT2D eigenvalue weighted by atomic mass is 9.98. The molecule has 0 radical (unpaired) electrons. The Hall–Kier alpha value is -0.820. The number of hydrogen-bond donors (Lipinski definition) is 1. The van der Waals surface area contributed by atoms with Crippen molar-refractivity contribution in [3.63, 3.8) is 0 Å². The van der Waals surface area contributed by atoms with Gasteiger partial charge in [0.05, 0.1) is 25.7 Å². The number of esters is 1. The predicted octanol–water partition coefficient (Wildman–Crippen LogP) is 2.03. The number of nitrogens with one attached hydrogen (secondary N) is 1. The van der Waals surface area contributed by atoms with Crippen molar-refractivity contribution in [3.8, 4) is 0 Å². The molecule has 1 N–H and O–H groups in total. The highest BCUT2D eigenvalue weighted by Gasteiger charge is 2.46. The second-order valence-corrected chi connectivity index (χ2v) is 4.65. The van der Waals surface area contributed by atoms with Gasteiger partial charge in [0.25, 0.3) is 0 Å². The van der Waals surface area contributed by atoms with Crippen molar-refractivity contribution in [2.75, 3.05) is 20.3 Å². The maximum absolute atomic E-state index is 12.0. The summed E-state index contributed by atoms with van der Waals surface area (Å²) in [6.45, 7) is 1.63. The number of likely N-dealkylation sites (N-methyl/N-ethyl adjacent to an activating group) is 1. The van der Waals surface area contributed by atoms with Gasteiger partial charge in [-0.3, -0.25) is 4.79 Å². The van der Waals surface area contributed by atoms with E-state index in [2.05, 4.69) is 5.32 Å². The normalized spacial score (nSPS) is 27.5. The highest BCUT2D eigenvalue weighted by Crippen LogP contribution is 2.33. The van der Waals surface area contributed by atoms with E-state index in [1.54, 1.807) is 14.0 Å². The topological polar surface area (TPSA) is 47.6 Å². The zero-order chi connectivity index (χ0) is 14.5. The molecule has 112 valence electrons. The van der Waals surface area contributed by atoms with Crippen LogP contribution in [0.15, 0.2) is 0 Å². The van der Waals surface area contributed by atoms with Crippen LogP contribution in [0.2, 0.25) is 0 Å². The first-order valence-corrected chi connectivity index (χ1v) is 6.37. The van der Waals surface area contributed by atoms with E-state index in [1.165, 1.54) is 0 Å². The molecule has 0 bridgehead atoms. The molecule has 0 spiro atoms. The van der Waals surface area contributed by atoms with Gasteiger partial charge in [0.2, 0.25) is 0 Å². The van der Waals surface area contributed by atoms with E-state index in [-0.39, 0.29) is 25.3 Å². The third-order valence-corrected chi connectivity index (χ3v) is 3.35. The summed E-state index contributed by atoms with van der Waals surface area (Å²) in [5, 5.41) is 2.92. The van der Waals surface area contributed by atoms with Crippen LogP contribution in [0.5, 0.6) is 0 Å². The second kappa shape index (κ2) is 6.56. The number of alkyl halides is 3. The number of ether oxygens (including phenoxy) is 2. The van der Waals surface area contributed by atoms with Gasteiger partial charge in [0.1, 0.15) is 5.54 Å². The van der Waals surface area contributed by atoms with E-state index in [4.69, 9.17) is 9.47 Å². The third kappa shape index (κ3) is 4.65.